The molecule has 1 amide bonds. The monoisotopic (exact) mass is 407 g/mol. The van der Waals surface area contributed by atoms with Gasteiger partial charge in [0.25, 0.3) is 5.91 Å². The van der Waals surface area contributed by atoms with Crippen LogP contribution in [-0.2, 0) is 10.3 Å². The van der Waals surface area contributed by atoms with Crippen molar-refractivity contribution >= 4 is 23.3 Å². The molecule has 1 fully saturated rings. The zero-order chi connectivity index (χ0) is 20.4. The molecule has 0 bridgehead atoms. The number of ketones is 1. The number of aromatic nitrogens is 2. The highest BCUT2D eigenvalue weighted by Crippen LogP contribution is 2.42. The van der Waals surface area contributed by atoms with Gasteiger partial charge in [0.15, 0.2) is 5.78 Å². The minimum absolute atomic E-state index is 0.0307. The first-order valence-corrected chi connectivity index (χ1v) is 10.1. The molecular weight excluding hydrogens is 386 g/mol. The molecule has 0 radical (unpaired) electrons. The van der Waals surface area contributed by atoms with Gasteiger partial charge in [-0.3, -0.25) is 9.59 Å². The molecule has 0 saturated heterocycles. The van der Waals surface area contributed by atoms with Crippen LogP contribution in [-0.4, -0.2) is 33.4 Å². The standard InChI is InChI=1S/C23H22ClN3O2/c1-26(22(29)17-15-25-27(16-17)18-9-3-2-4-10-18)23(14-8-7-13-21(23)28)19-11-5-6-12-20(19)24/h2-6,9-12,15-16H,7-8,13-14H2,1H3. The Morgan fingerprint density at radius 1 is 1.10 bits per heavy atom. The van der Waals surface area contributed by atoms with Gasteiger partial charge in [0.05, 0.1) is 17.4 Å². The van der Waals surface area contributed by atoms with E-state index in [1.165, 1.54) is 0 Å². The predicted molar refractivity (Wildman–Crippen MR) is 112 cm³/mol. The first-order chi connectivity index (χ1) is 14.0. The maximum absolute atomic E-state index is 13.4. The van der Waals surface area contributed by atoms with Crippen LogP contribution in [0.5, 0.6) is 0 Å². The number of rotatable bonds is 4. The molecule has 0 aliphatic heterocycles. The first kappa shape index (κ1) is 19.4. The fourth-order valence-corrected chi connectivity index (χ4v) is 4.44. The summed E-state index contributed by atoms with van der Waals surface area (Å²) in [6, 6.07) is 16.9. The number of benzene rings is 2. The Kier molecular flexibility index (Phi) is 5.24. The number of amides is 1. The third-order valence-electron chi connectivity index (χ3n) is 5.70. The van der Waals surface area contributed by atoms with Gasteiger partial charge in [-0.05, 0) is 37.5 Å². The summed E-state index contributed by atoms with van der Waals surface area (Å²) in [6.45, 7) is 0. The van der Waals surface area contributed by atoms with E-state index in [-0.39, 0.29) is 11.7 Å². The van der Waals surface area contributed by atoms with Gasteiger partial charge < -0.3 is 4.90 Å². The lowest BCUT2D eigenvalue weighted by molar-refractivity contribution is -0.132. The summed E-state index contributed by atoms with van der Waals surface area (Å²) in [5.41, 5.74) is 0.935. The molecular formula is C23H22ClN3O2. The Morgan fingerprint density at radius 2 is 1.83 bits per heavy atom. The van der Waals surface area contributed by atoms with Gasteiger partial charge in [0, 0.05) is 30.3 Å². The van der Waals surface area contributed by atoms with Gasteiger partial charge in [-0.1, -0.05) is 48.0 Å². The quantitative estimate of drug-likeness (QED) is 0.633. The lowest BCUT2D eigenvalue weighted by atomic mass is 9.74. The molecule has 5 nitrogen and oxygen atoms in total. The number of hydrogen-bond acceptors (Lipinski definition) is 3. The molecule has 1 aromatic heterocycles. The minimum atomic E-state index is -1.05. The van der Waals surface area contributed by atoms with Crippen LogP contribution in [0.3, 0.4) is 0 Å². The van der Waals surface area contributed by atoms with E-state index in [1.54, 1.807) is 35.1 Å². The lowest BCUT2D eigenvalue weighted by Gasteiger charge is -2.43. The molecule has 2 aromatic carbocycles. The van der Waals surface area contributed by atoms with E-state index in [0.717, 1.165) is 18.5 Å². The smallest absolute Gasteiger partial charge is 0.257 e. The van der Waals surface area contributed by atoms with Crippen molar-refractivity contribution in [3.05, 3.63) is 83.1 Å². The lowest BCUT2D eigenvalue weighted by Crippen LogP contribution is -2.54. The Morgan fingerprint density at radius 3 is 2.55 bits per heavy atom. The number of halogens is 1. The molecule has 4 rings (SSSR count). The molecule has 1 aliphatic carbocycles. The number of likely N-dealkylation sites (N-methyl/N-ethyl adjacent to an activating group) is 1. The third kappa shape index (κ3) is 3.36. The normalized spacial score (nSPS) is 19.2. The van der Waals surface area contributed by atoms with E-state index < -0.39 is 5.54 Å². The summed E-state index contributed by atoms with van der Waals surface area (Å²) < 4.78 is 1.66. The molecule has 6 heteroatoms. The maximum atomic E-state index is 13.4. The molecule has 3 aromatic rings. The van der Waals surface area contributed by atoms with E-state index in [9.17, 15) is 9.59 Å². The summed E-state index contributed by atoms with van der Waals surface area (Å²) in [5.74, 6) is -0.217. The van der Waals surface area contributed by atoms with Crippen molar-refractivity contribution in [2.24, 2.45) is 0 Å². The average Bonchev–Trinajstić information content (AvgIpc) is 3.25. The van der Waals surface area contributed by atoms with E-state index in [1.807, 2.05) is 48.5 Å². The highest BCUT2D eigenvalue weighted by atomic mass is 35.5. The highest BCUT2D eigenvalue weighted by molar-refractivity contribution is 6.31. The van der Waals surface area contributed by atoms with E-state index in [4.69, 9.17) is 11.6 Å². The van der Waals surface area contributed by atoms with Crippen molar-refractivity contribution < 1.29 is 9.59 Å². The Balaban J connectivity index is 1.73. The zero-order valence-electron chi connectivity index (χ0n) is 16.2. The predicted octanol–water partition coefficient (Wildman–Crippen LogP) is 4.64. The topological polar surface area (TPSA) is 55.2 Å². The third-order valence-corrected chi connectivity index (χ3v) is 6.03. The fraction of sp³-hybridized carbons (Fsp3) is 0.261. The number of para-hydroxylation sites is 1. The summed E-state index contributed by atoms with van der Waals surface area (Å²) in [7, 11) is 1.69. The number of hydrogen-bond donors (Lipinski definition) is 0. The van der Waals surface area contributed by atoms with Gasteiger partial charge >= 0.3 is 0 Å². The molecule has 148 valence electrons. The fourth-order valence-electron chi connectivity index (χ4n) is 4.15. The Labute approximate surface area is 174 Å². The van der Waals surface area contributed by atoms with Crippen molar-refractivity contribution in [3.8, 4) is 5.69 Å². The number of carbonyl (C=O) groups is 2. The van der Waals surface area contributed by atoms with Crippen LogP contribution in [0.15, 0.2) is 67.0 Å². The van der Waals surface area contributed by atoms with Gasteiger partial charge in [-0.25, -0.2) is 4.68 Å². The zero-order valence-corrected chi connectivity index (χ0v) is 17.0. The largest absolute Gasteiger partial charge is 0.325 e. The van der Waals surface area contributed by atoms with Crippen LogP contribution < -0.4 is 0 Å². The van der Waals surface area contributed by atoms with Gasteiger partial charge in [0.1, 0.15) is 5.54 Å². The summed E-state index contributed by atoms with van der Waals surface area (Å²) in [5, 5.41) is 4.83. The highest BCUT2D eigenvalue weighted by Gasteiger charge is 2.48. The van der Waals surface area contributed by atoms with E-state index >= 15 is 0 Å². The van der Waals surface area contributed by atoms with Crippen LogP contribution in [0.1, 0.15) is 41.6 Å². The second kappa shape index (κ2) is 7.84. The molecule has 0 spiro atoms. The minimum Gasteiger partial charge on any atom is -0.325 e. The average molecular weight is 408 g/mol. The molecule has 1 unspecified atom stereocenters. The van der Waals surface area contributed by atoms with Crippen LogP contribution in [0.25, 0.3) is 5.69 Å². The van der Waals surface area contributed by atoms with Gasteiger partial charge in [0.2, 0.25) is 0 Å². The number of carbonyl (C=O) groups excluding carboxylic acids is 2. The van der Waals surface area contributed by atoms with Crippen molar-refractivity contribution in [1.82, 2.24) is 14.7 Å². The van der Waals surface area contributed by atoms with Crippen LogP contribution in [0, 0.1) is 0 Å². The van der Waals surface area contributed by atoms with Crippen molar-refractivity contribution in [3.63, 3.8) is 0 Å². The summed E-state index contributed by atoms with van der Waals surface area (Å²) in [6.07, 6.45) is 5.93. The van der Waals surface area contributed by atoms with Crippen LogP contribution >= 0.6 is 11.6 Å². The summed E-state index contributed by atoms with van der Waals surface area (Å²) >= 11 is 6.48. The molecule has 0 N–H and O–H groups in total. The van der Waals surface area contributed by atoms with Crippen molar-refractivity contribution in [2.45, 2.75) is 31.2 Å². The maximum Gasteiger partial charge on any atom is 0.257 e. The molecule has 29 heavy (non-hydrogen) atoms. The van der Waals surface area contributed by atoms with Crippen LogP contribution in [0.2, 0.25) is 5.02 Å². The number of nitrogens with zero attached hydrogens (tertiary/aromatic N) is 3. The molecule has 1 saturated carbocycles. The molecule has 1 aliphatic rings. The van der Waals surface area contributed by atoms with Gasteiger partial charge in [-0.15, -0.1) is 0 Å². The molecule has 1 atom stereocenters. The summed E-state index contributed by atoms with van der Waals surface area (Å²) in [4.78, 5) is 28.2. The first-order valence-electron chi connectivity index (χ1n) is 9.70. The van der Waals surface area contributed by atoms with Gasteiger partial charge in [-0.2, -0.15) is 5.10 Å². The van der Waals surface area contributed by atoms with E-state index in [0.29, 0.717) is 29.0 Å². The SMILES string of the molecule is CN(C(=O)c1cnn(-c2ccccc2)c1)C1(c2ccccc2Cl)CCCCC1=O. The second-order valence-electron chi connectivity index (χ2n) is 7.34. The van der Waals surface area contributed by atoms with Crippen molar-refractivity contribution in [2.75, 3.05) is 7.05 Å². The van der Waals surface area contributed by atoms with Crippen LogP contribution in [0.4, 0.5) is 0 Å². The Hall–Kier alpha value is -2.92. The molecule has 1 heterocycles. The second-order valence-corrected chi connectivity index (χ2v) is 7.75. The van der Waals surface area contributed by atoms with E-state index in [2.05, 4.69) is 5.10 Å². The number of Topliss-reactive ketones (excluding diaryl/α,β-unsaturated/α-hetero) is 1. The Bertz CT molecular complexity index is 1050. The van der Waals surface area contributed by atoms with Crippen molar-refractivity contribution in [1.29, 1.82) is 0 Å².